The molecule has 1 N–H and O–H groups in total. The molecule has 4 rings (SSSR count). The number of fused-ring (bicyclic) bond motifs is 1. The van der Waals surface area contributed by atoms with Gasteiger partial charge in [-0.25, -0.2) is 4.39 Å². The first-order chi connectivity index (χ1) is 15.1. The molecule has 31 heavy (non-hydrogen) atoms. The van der Waals surface area contributed by atoms with Crippen molar-refractivity contribution in [3.05, 3.63) is 53.1 Å². The molecule has 7 nitrogen and oxygen atoms in total. The van der Waals surface area contributed by atoms with Gasteiger partial charge in [0.25, 0.3) is 11.8 Å². The molecular formula is C23H30FN5O2. The molecule has 2 amide bonds. The van der Waals surface area contributed by atoms with E-state index < -0.39 is 0 Å². The van der Waals surface area contributed by atoms with Crippen molar-refractivity contribution < 1.29 is 14.0 Å². The molecule has 0 atom stereocenters. The Kier molecular flexibility index (Phi) is 6.96. The van der Waals surface area contributed by atoms with Crippen LogP contribution in [0.1, 0.15) is 58.6 Å². The molecule has 2 aliphatic rings. The minimum Gasteiger partial charge on any atom is -0.349 e. The lowest BCUT2D eigenvalue weighted by Gasteiger charge is -2.20. The Labute approximate surface area is 182 Å². The minimum atomic E-state index is -0.296. The average Bonchev–Trinajstić information content (AvgIpc) is 2.93. The van der Waals surface area contributed by atoms with E-state index in [1.807, 2.05) is 0 Å². The van der Waals surface area contributed by atoms with Gasteiger partial charge in [-0.2, -0.15) is 5.10 Å². The molecule has 1 aromatic carbocycles. The average molecular weight is 428 g/mol. The van der Waals surface area contributed by atoms with E-state index in [1.54, 1.807) is 27.8 Å². The maximum atomic E-state index is 13.2. The number of hydrogen-bond acceptors (Lipinski definition) is 4. The number of hydrogen-bond donors (Lipinski definition) is 1. The van der Waals surface area contributed by atoms with Crippen molar-refractivity contribution in [3.8, 4) is 0 Å². The summed E-state index contributed by atoms with van der Waals surface area (Å²) in [6, 6.07) is 7.76. The highest BCUT2D eigenvalue weighted by molar-refractivity contribution is 5.98. The van der Waals surface area contributed by atoms with Gasteiger partial charge in [0.05, 0.1) is 0 Å². The minimum absolute atomic E-state index is 0.155. The number of rotatable bonds is 6. The number of benzene rings is 1. The van der Waals surface area contributed by atoms with Gasteiger partial charge >= 0.3 is 0 Å². The standard InChI is InChI=1S/C23H30FN5O2/c24-19-8-6-18(7-9-19)17-28-13-5-14-29-21(23(28)31)16-20(26-29)22(30)25-10-15-27-11-3-1-2-4-12-27/h6-9,16H,1-5,10-15,17H2,(H,25,30). The number of nitrogens with one attached hydrogen (secondary N) is 1. The Morgan fingerprint density at radius 2 is 1.74 bits per heavy atom. The number of nitrogens with zero attached hydrogens (tertiary/aromatic N) is 4. The highest BCUT2D eigenvalue weighted by Gasteiger charge is 2.26. The Morgan fingerprint density at radius 1 is 1.00 bits per heavy atom. The molecule has 3 heterocycles. The lowest BCUT2D eigenvalue weighted by molar-refractivity contribution is 0.0745. The normalized spacial score (nSPS) is 17.7. The summed E-state index contributed by atoms with van der Waals surface area (Å²) in [4.78, 5) is 29.8. The second-order valence-electron chi connectivity index (χ2n) is 8.36. The summed E-state index contributed by atoms with van der Waals surface area (Å²) in [6.45, 7) is 5.18. The van der Waals surface area contributed by atoms with Gasteiger partial charge in [0.15, 0.2) is 5.69 Å². The first kappa shape index (κ1) is 21.5. The molecule has 0 bridgehead atoms. The Hall–Kier alpha value is -2.74. The smallest absolute Gasteiger partial charge is 0.272 e. The second kappa shape index (κ2) is 10.0. The Balaban J connectivity index is 1.36. The van der Waals surface area contributed by atoms with Crippen molar-refractivity contribution in [2.24, 2.45) is 0 Å². The third-order valence-electron chi connectivity index (χ3n) is 6.02. The Morgan fingerprint density at radius 3 is 2.48 bits per heavy atom. The van der Waals surface area contributed by atoms with Crippen molar-refractivity contribution in [3.63, 3.8) is 0 Å². The van der Waals surface area contributed by atoms with Crippen LogP contribution < -0.4 is 5.32 Å². The fourth-order valence-electron chi connectivity index (χ4n) is 4.28. The van der Waals surface area contributed by atoms with E-state index in [4.69, 9.17) is 0 Å². The van der Waals surface area contributed by atoms with E-state index in [2.05, 4.69) is 15.3 Å². The third-order valence-corrected chi connectivity index (χ3v) is 6.02. The highest BCUT2D eigenvalue weighted by Crippen LogP contribution is 2.17. The van der Waals surface area contributed by atoms with Crippen LogP contribution in [-0.2, 0) is 13.1 Å². The molecule has 0 spiro atoms. The van der Waals surface area contributed by atoms with E-state index in [0.717, 1.165) is 31.6 Å². The Bertz CT molecular complexity index is 903. The zero-order chi connectivity index (χ0) is 21.6. The maximum absolute atomic E-state index is 13.2. The van der Waals surface area contributed by atoms with Crippen molar-refractivity contribution in [2.75, 3.05) is 32.7 Å². The van der Waals surface area contributed by atoms with Crippen molar-refractivity contribution in [1.29, 1.82) is 0 Å². The van der Waals surface area contributed by atoms with Crippen molar-refractivity contribution in [2.45, 2.75) is 45.2 Å². The molecule has 166 valence electrons. The van der Waals surface area contributed by atoms with E-state index in [9.17, 15) is 14.0 Å². The predicted octanol–water partition coefficient (Wildman–Crippen LogP) is 2.67. The van der Waals surface area contributed by atoms with Gasteiger partial charge in [0, 0.05) is 38.8 Å². The van der Waals surface area contributed by atoms with Gasteiger partial charge in [-0.1, -0.05) is 25.0 Å². The summed E-state index contributed by atoms with van der Waals surface area (Å²) < 4.78 is 14.8. The van der Waals surface area contributed by atoms with Crippen LogP contribution >= 0.6 is 0 Å². The van der Waals surface area contributed by atoms with Crippen LogP contribution in [0.4, 0.5) is 4.39 Å². The molecule has 2 aromatic rings. The van der Waals surface area contributed by atoms with Gasteiger partial charge in [-0.3, -0.25) is 14.3 Å². The van der Waals surface area contributed by atoms with Crippen LogP contribution in [0.3, 0.4) is 0 Å². The number of halogens is 1. The number of likely N-dealkylation sites (tertiary alicyclic amines) is 1. The fourth-order valence-corrected chi connectivity index (χ4v) is 4.28. The van der Waals surface area contributed by atoms with Crippen LogP contribution in [0.2, 0.25) is 0 Å². The number of amides is 2. The second-order valence-corrected chi connectivity index (χ2v) is 8.36. The number of aryl methyl sites for hydroxylation is 1. The molecule has 1 saturated heterocycles. The molecule has 0 unspecified atom stereocenters. The third kappa shape index (κ3) is 5.50. The van der Waals surface area contributed by atoms with Crippen LogP contribution in [0.15, 0.2) is 30.3 Å². The fraction of sp³-hybridized carbons (Fsp3) is 0.522. The van der Waals surface area contributed by atoms with E-state index in [-0.39, 0.29) is 23.3 Å². The van der Waals surface area contributed by atoms with Crippen LogP contribution in [-0.4, -0.2) is 64.1 Å². The first-order valence-electron chi connectivity index (χ1n) is 11.2. The summed E-state index contributed by atoms with van der Waals surface area (Å²) >= 11 is 0. The summed E-state index contributed by atoms with van der Waals surface area (Å²) in [5, 5.41) is 7.33. The van der Waals surface area contributed by atoms with E-state index in [1.165, 1.54) is 37.8 Å². The zero-order valence-electron chi connectivity index (χ0n) is 17.9. The maximum Gasteiger partial charge on any atom is 0.272 e. The van der Waals surface area contributed by atoms with Gasteiger partial charge in [-0.15, -0.1) is 0 Å². The molecule has 2 aliphatic heterocycles. The quantitative estimate of drug-likeness (QED) is 0.770. The van der Waals surface area contributed by atoms with Crippen molar-refractivity contribution in [1.82, 2.24) is 24.9 Å². The molecule has 0 saturated carbocycles. The molecule has 1 fully saturated rings. The van der Waals surface area contributed by atoms with Crippen LogP contribution in [0.5, 0.6) is 0 Å². The molecular weight excluding hydrogens is 397 g/mol. The number of carbonyl (C=O) groups is 2. The highest BCUT2D eigenvalue weighted by atomic mass is 19.1. The lowest BCUT2D eigenvalue weighted by Crippen LogP contribution is -2.35. The van der Waals surface area contributed by atoms with Gasteiger partial charge < -0.3 is 15.1 Å². The number of carbonyl (C=O) groups excluding carboxylic acids is 2. The predicted molar refractivity (Wildman–Crippen MR) is 115 cm³/mol. The van der Waals surface area contributed by atoms with E-state index >= 15 is 0 Å². The molecule has 8 heteroatoms. The summed E-state index contributed by atoms with van der Waals surface area (Å²) in [5.74, 6) is -0.693. The van der Waals surface area contributed by atoms with Crippen molar-refractivity contribution >= 4 is 11.8 Å². The van der Waals surface area contributed by atoms with Gasteiger partial charge in [0.1, 0.15) is 11.5 Å². The van der Waals surface area contributed by atoms with Crippen LogP contribution in [0, 0.1) is 5.82 Å². The monoisotopic (exact) mass is 427 g/mol. The molecule has 1 aromatic heterocycles. The van der Waals surface area contributed by atoms with Crippen LogP contribution in [0.25, 0.3) is 0 Å². The summed E-state index contributed by atoms with van der Waals surface area (Å²) in [5.41, 5.74) is 1.58. The SMILES string of the molecule is O=C(NCCN1CCCCCC1)c1cc2n(n1)CCCN(Cc1ccc(F)cc1)C2=O. The first-order valence-corrected chi connectivity index (χ1v) is 11.2. The zero-order valence-corrected chi connectivity index (χ0v) is 17.9. The van der Waals surface area contributed by atoms with Gasteiger partial charge in [-0.05, 0) is 50.0 Å². The molecule has 0 radical (unpaired) electrons. The van der Waals surface area contributed by atoms with E-state index in [0.29, 0.717) is 31.9 Å². The topological polar surface area (TPSA) is 70.5 Å². The summed E-state index contributed by atoms with van der Waals surface area (Å²) in [6.07, 6.45) is 5.76. The molecule has 0 aliphatic carbocycles. The lowest BCUT2D eigenvalue weighted by atomic mass is 10.2. The summed E-state index contributed by atoms with van der Waals surface area (Å²) in [7, 11) is 0. The van der Waals surface area contributed by atoms with Gasteiger partial charge in [0.2, 0.25) is 0 Å². The number of aromatic nitrogens is 2. The largest absolute Gasteiger partial charge is 0.349 e.